The Hall–Kier alpha value is -2.27. The Kier molecular flexibility index (Phi) is 6.47. The van der Waals surface area contributed by atoms with E-state index in [2.05, 4.69) is 18.3 Å². The zero-order valence-corrected chi connectivity index (χ0v) is 18.7. The first-order valence-corrected chi connectivity index (χ1v) is 11.4. The first kappa shape index (κ1) is 21.0. The Morgan fingerprint density at radius 2 is 1.83 bits per heavy atom. The van der Waals surface area contributed by atoms with Crippen LogP contribution in [0.3, 0.4) is 0 Å². The molecule has 0 radical (unpaired) electrons. The molecule has 1 N–H and O–H groups in total. The third-order valence-corrected chi connectivity index (χ3v) is 6.70. The van der Waals surface area contributed by atoms with Crippen LogP contribution >= 0.6 is 35.0 Å². The molecule has 152 valence electrons. The quantitative estimate of drug-likeness (QED) is 0.325. The number of amides is 1. The molecular weight excluding hydrogens is 435 g/mol. The van der Waals surface area contributed by atoms with E-state index >= 15 is 0 Å². The summed E-state index contributed by atoms with van der Waals surface area (Å²) in [6.07, 6.45) is 2.00. The topological polar surface area (TPSA) is 41.5 Å². The highest BCUT2D eigenvalue weighted by atomic mass is 35.5. The van der Waals surface area contributed by atoms with Crippen LogP contribution in [-0.2, 0) is 0 Å². The fourth-order valence-corrected chi connectivity index (χ4v) is 4.53. The van der Waals surface area contributed by atoms with Crippen LogP contribution in [0.5, 0.6) is 0 Å². The zero-order valence-electron chi connectivity index (χ0n) is 16.4. The first-order valence-electron chi connectivity index (χ1n) is 9.80. The zero-order chi connectivity index (χ0) is 21.1. The van der Waals surface area contributed by atoms with Gasteiger partial charge in [0.15, 0.2) is 0 Å². The number of carbonyl (C=O) groups is 1. The summed E-state index contributed by atoms with van der Waals surface area (Å²) in [6.45, 7) is 2.77. The predicted molar refractivity (Wildman–Crippen MR) is 126 cm³/mol. The molecular formula is C24H20Cl2N2OS. The van der Waals surface area contributed by atoms with Crippen molar-refractivity contribution in [1.29, 1.82) is 0 Å². The molecule has 0 atom stereocenters. The Bertz CT molecular complexity index is 1140. The molecule has 3 nitrogen and oxygen atoms in total. The average Bonchev–Trinajstić information content (AvgIpc) is 2.92. The normalized spacial score (nSPS) is 12.4. The van der Waals surface area contributed by atoms with Crippen molar-refractivity contribution >= 4 is 52.3 Å². The summed E-state index contributed by atoms with van der Waals surface area (Å²) >= 11 is 14.0. The summed E-state index contributed by atoms with van der Waals surface area (Å²) < 4.78 is 0. The second-order valence-electron chi connectivity index (χ2n) is 6.98. The SMILES string of the molecule is CCCCNC(=O)c1ccc2c(c1)N=C(c1ccc(Cl)c(Cl)c1)c1ccccc1S2. The molecule has 0 unspecified atom stereocenters. The van der Waals surface area contributed by atoms with Gasteiger partial charge in [0.05, 0.1) is 21.4 Å². The van der Waals surface area contributed by atoms with Gasteiger partial charge in [0.25, 0.3) is 5.91 Å². The van der Waals surface area contributed by atoms with Gasteiger partial charge < -0.3 is 5.32 Å². The lowest BCUT2D eigenvalue weighted by molar-refractivity contribution is 0.0953. The minimum atomic E-state index is -0.0794. The van der Waals surface area contributed by atoms with Gasteiger partial charge in [0.2, 0.25) is 0 Å². The van der Waals surface area contributed by atoms with Crippen LogP contribution in [0, 0.1) is 0 Å². The Balaban J connectivity index is 1.80. The van der Waals surface area contributed by atoms with Crippen molar-refractivity contribution < 1.29 is 4.79 Å². The molecule has 1 amide bonds. The number of fused-ring (bicyclic) bond motifs is 2. The summed E-state index contributed by atoms with van der Waals surface area (Å²) in [5.41, 5.74) is 4.07. The van der Waals surface area contributed by atoms with E-state index in [1.165, 1.54) is 0 Å². The lowest BCUT2D eigenvalue weighted by atomic mass is 10.0. The smallest absolute Gasteiger partial charge is 0.251 e. The van der Waals surface area contributed by atoms with Gasteiger partial charge in [0.1, 0.15) is 0 Å². The number of benzene rings is 3. The molecule has 0 fully saturated rings. The van der Waals surface area contributed by atoms with Gasteiger partial charge in [-0.05, 0) is 42.8 Å². The molecule has 4 rings (SSSR count). The highest BCUT2D eigenvalue weighted by Crippen LogP contribution is 2.42. The van der Waals surface area contributed by atoms with Crippen molar-refractivity contribution in [2.24, 2.45) is 4.99 Å². The van der Waals surface area contributed by atoms with Crippen LogP contribution in [0.1, 0.15) is 41.3 Å². The summed E-state index contributed by atoms with van der Waals surface area (Å²) in [5.74, 6) is -0.0794. The second-order valence-corrected chi connectivity index (χ2v) is 8.88. The number of aliphatic imine (C=N–C) groups is 1. The molecule has 0 saturated heterocycles. The van der Waals surface area contributed by atoms with Crippen LogP contribution in [0.25, 0.3) is 0 Å². The maximum atomic E-state index is 12.5. The summed E-state index contributed by atoms with van der Waals surface area (Å²) in [4.78, 5) is 19.6. The maximum absolute atomic E-state index is 12.5. The van der Waals surface area contributed by atoms with E-state index < -0.39 is 0 Å². The second kappa shape index (κ2) is 9.25. The average molecular weight is 455 g/mol. The van der Waals surface area contributed by atoms with E-state index in [1.807, 2.05) is 48.5 Å². The minimum absolute atomic E-state index is 0.0794. The highest BCUT2D eigenvalue weighted by Gasteiger charge is 2.20. The largest absolute Gasteiger partial charge is 0.352 e. The Labute approximate surface area is 190 Å². The predicted octanol–water partition coefficient (Wildman–Crippen LogP) is 7.16. The molecule has 0 aliphatic carbocycles. The molecule has 0 aromatic heterocycles. The molecule has 0 bridgehead atoms. The van der Waals surface area contributed by atoms with Gasteiger partial charge in [0, 0.05) is 33.0 Å². The molecule has 6 heteroatoms. The van der Waals surface area contributed by atoms with Gasteiger partial charge in [-0.2, -0.15) is 0 Å². The molecule has 1 aliphatic rings. The molecule has 0 saturated carbocycles. The monoisotopic (exact) mass is 454 g/mol. The maximum Gasteiger partial charge on any atom is 0.251 e. The number of hydrogen-bond acceptors (Lipinski definition) is 3. The Morgan fingerprint density at radius 3 is 2.63 bits per heavy atom. The lowest BCUT2D eigenvalue weighted by Crippen LogP contribution is -2.24. The number of nitrogens with one attached hydrogen (secondary N) is 1. The van der Waals surface area contributed by atoms with Crippen LogP contribution < -0.4 is 5.32 Å². The Morgan fingerprint density at radius 1 is 1.00 bits per heavy atom. The summed E-state index contributed by atoms with van der Waals surface area (Å²) in [7, 11) is 0. The van der Waals surface area contributed by atoms with Crippen LogP contribution in [0.2, 0.25) is 10.0 Å². The first-order chi connectivity index (χ1) is 14.6. The van der Waals surface area contributed by atoms with Crippen LogP contribution in [0.4, 0.5) is 5.69 Å². The number of nitrogens with zero attached hydrogens (tertiary/aromatic N) is 1. The van der Waals surface area contributed by atoms with Crippen molar-refractivity contribution in [3.8, 4) is 0 Å². The number of hydrogen-bond donors (Lipinski definition) is 1. The van der Waals surface area contributed by atoms with Crippen LogP contribution in [0.15, 0.2) is 75.4 Å². The third kappa shape index (κ3) is 4.41. The van der Waals surface area contributed by atoms with E-state index in [0.717, 1.165) is 45.2 Å². The number of unbranched alkanes of at least 4 members (excludes halogenated alkanes) is 1. The van der Waals surface area contributed by atoms with Crippen molar-refractivity contribution in [2.75, 3.05) is 6.54 Å². The number of halogens is 2. The van der Waals surface area contributed by atoms with Gasteiger partial charge in [-0.3, -0.25) is 4.79 Å². The molecule has 1 heterocycles. The molecule has 1 aliphatic heterocycles. The van der Waals surface area contributed by atoms with Crippen molar-refractivity contribution in [1.82, 2.24) is 5.32 Å². The van der Waals surface area contributed by atoms with Crippen molar-refractivity contribution in [3.05, 3.63) is 87.4 Å². The minimum Gasteiger partial charge on any atom is -0.352 e. The number of rotatable bonds is 5. The van der Waals surface area contributed by atoms with E-state index in [0.29, 0.717) is 22.2 Å². The lowest BCUT2D eigenvalue weighted by Gasteiger charge is -2.10. The molecule has 0 spiro atoms. The van der Waals surface area contributed by atoms with Crippen LogP contribution in [-0.4, -0.2) is 18.2 Å². The van der Waals surface area contributed by atoms with Gasteiger partial charge in [-0.25, -0.2) is 4.99 Å². The molecule has 3 aromatic rings. The van der Waals surface area contributed by atoms with E-state index in [-0.39, 0.29) is 5.91 Å². The number of carbonyl (C=O) groups excluding carboxylic acids is 1. The highest BCUT2D eigenvalue weighted by molar-refractivity contribution is 7.99. The fourth-order valence-electron chi connectivity index (χ4n) is 3.23. The summed E-state index contributed by atoms with van der Waals surface area (Å²) in [5, 5.41) is 3.96. The van der Waals surface area contributed by atoms with Crippen molar-refractivity contribution in [2.45, 2.75) is 29.6 Å². The fraction of sp³-hybridized carbons (Fsp3) is 0.167. The van der Waals surface area contributed by atoms with Gasteiger partial charge in [-0.1, -0.05) is 72.6 Å². The summed E-state index contributed by atoms with van der Waals surface area (Å²) in [6, 6.07) is 19.3. The third-order valence-electron chi connectivity index (χ3n) is 4.82. The van der Waals surface area contributed by atoms with E-state index in [1.54, 1.807) is 17.8 Å². The van der Waals surface area contributed by atoms with E-state index in [4.69, 9.17) is 28.2 Å². The van der Waals surface area contributed by atoms with Crippen molar-refractivity contribution in [3.63, 3.8) is 0 Å². The van der Waals surface area contributed by atoms with Gasteiger partial charge in [-0.15, -0.1) is 0 Å². The standard InChI is InChI=1S/C24H20Cl2N2OS/c1-2-3-12-27-24(29)16-9-11-22-20(14-16)28-23(15-8-10-18(25)19(26)13-15)17-6-4-5-7-21(17)30-22/h4-11,13-14H,2-3,12H2,1H3,(H,27,29). The molecule has 30 heavy (non-hydrogen) atoms. The van der Waals surface area contributed by atoms with Gasteiger partial charge >= 0.3 is 0 Å². The van der Waals surface area contributed by atoms with E-state index in [9.17, 15) is 4.79 Å². The molecule has 3 aromatic carbocycles.